The third-order valence-corrected chi connectivity index (χ3v) is 6.45. The van der Waals surface area contributed by atoms with E-state index in [0.717, 1.165) is 21.5 Å². The van der Waals surface area contributed by atoms with Gasteiger partial charge in [-0.05, 0) is 70.8 Å². The Kier molecular flexibility index (Phi) is 7.55. The summed E-state index contributed by atoms with van der Waals surface area (Å²) in [6.07, 6.45) is 8.59. The van der Waals surface area contributed by atoms with Gasteiger partial charge in [0.25, 0.3) is 0 Å². The largest absolute Gasteiger partial charge is 0.311 e. The maximum atomic E-state index is 3.48. The summed E-state index contributed by atoms with van der Waals surface area (Å²) in [5.74, 6) is 0. The molecule has 0 aliphatic rings. The zero-order chi connectivity index (χ0) is 24.6. The Balaban J connectivity index is 1.29. The van der Waals surface area contributed by atoms with Gasteiger partial charge in [0.1, 0.15) is 0 Å². The highest BCUT2D eigenvalue weighted by atomic mass is 79.9. The maximum Gasteiger partial charge on any atom is 0.0462 e. The summed E-state index contributed by atoms with van der Waals surface area (Å²) in [4.78, 5) is 2.27. The van der Waals surface area contributed by atoms with Crippen LogP contribution < -0.4 is 4.90 Å². The van der Waals surface area contributed by atoms with Crippen molar-refractivity contribution in [3.8, 4) is 0 Å². The smallest absolute Gasteiger partial charge is 0.0462 e. The lowest BCUT2D eigenvalue weighted by molar-refractivity contribution is 1.28. The minimum atomic E-state index is 1.09. The number of halogens is 1. The number of para-hydroxylation sites is 2. The highest BCUT2D eigenvalue weighted by Gasteiger charge is 2.11. The summed E-state index contributed by atoms with van der Waals surface area (Å²) >= 11 is 3.48. The molecule has 5 aromatic carbocycles. The minimum Gasteiger partial charge on any atom is -0.311 e. The van der Waals surface area contributed by atoms with Gasteiger partial charge in [-0.1, -0.05) is 125 Å². The van der Waals surface area contributed by atoms with Crippen LogP contribution in [0.2, 0.25) is 0 Å². The number of hydrogen-bond acceptors (Lipinski definition) is 1. The van der Waals surface area contributed by atoms with Crippen LogP contribution in [0.1, 0.15) is 22.3 Å². The molecule has 0 aliphatic heterocycles. The molecule has 0 atom stereocenters. The van der Waals surface area contributed by atoms with Crippen LogP contribution >= 0.6 is 15.9 Å². The molecule has 0 amide bonds. The second kappa shape index (κ2) is 11.5. The molecule has 36 heavy (non-hydrogen) atoms. The first-order valence-corrected chi connectivity index (χ1v) is 12.8. The summed E-state index contributed by atoms with van der Waals surface area (Å²) in [6, 6.07) is 46.5. The fraction of sp³-hybridized carbons (Fsp3) is 0. The second-order valence-corrected chi connectivity index (χ2v) is 9.40. The van der Waals surface area contributed by atoms with Gasteiger partial charge in [0.2, 0.25) is 0 Å². The molecule has 0 radical (unpaired) electrons. The first-order chi connectivity index (χ1) is 17.7. The molecule has 5 aromatic rings. The third-order valence-electron chi connectivity index (χ3n) is 5.92. The molecule has 0 spiro atoms. The van der Waals surface area contributed by atoms with Crippen LogP contribution in [-0.2, 0) is 0 Å². The van der Waals surface area contributed by atoms with E-state index in [1.54, 1.807) is 0 Å². The van der Waals surface area contributed by atoms with Crippen molar-refractivity contribution in [2.24, 2.45) is 0 Å². The molecule has 1 nitrogen and oxygen atoms in total. The van der Waals surface area contributed by atoms with Gasteiger partial charge in [0.15, 0.2) is 0 Å². The second-order valence-electron chi connectivity index (χ2n) is 8.48. The van der Waals surface area contributed by atoms with E-state index >= 15 is 0 Å². The molecular weight excluding hydrogens is 502 g/mol. The Bertz CT molecular complexity index is 1400. The Morgan fingerprint density at radius 2 is 0.667 bits per heavy atom. The van der Waals surface area contributed by atoms with E-state index in [1.165, 1.54) is 22.3 Å². The molecule has 0 aliphatic carbocycles. The number of benzene rings is 5. The first-order valence-electron chi connectivity index (χ1n) is 12.0. The normalized spacial score (nSPS) is 11.2. The molecule has 0 N–H and O–H groups in total. The van der Waals surface area contributed by atoms with Gasteiger partial charge < -0.3 is 4.90 Å². The predicted molar refractivity (Wildman–Crippen MR) is 160 cm³/mol. The van der Waals surface area contributed by atoms with E-state index in [-0.39, 0.29) is 0 Å². The lowest BCUT2D eigenvalue weighted by Gasteiger charge is -2.25. The molecule has 0 unspecified atom stereocenters. The zero-order valence-electron chi connectivity index (χ0n) is 19.8. The molecule has 0 fully saturated rings. The lowest BCUT2D eigenvalue weighted by atomic mass is 10.1. The molecular formula is C34H26BrN. The van der Waals surface area contributed by atoms with E-state index in [9.17, 15) is 0 Å². The van der Waals surface area contributed by atoms with Crippen LogP contribution in [0, 0.1) is 0 Å². The van der Waals surface area contributed by atoms with E-state index in [4.69, 9.17) is 0 Å². The number of hydrogen-bond donors (Lipinski definition) is 0. The fourth-order valence-electron chi connectivity index (χ4n) is 4.01. The van der Waals surface area contributed by atoms with Gasteiger partial charge in [0, 0.05) is 21.5 Å². The molecule has 0 aromatic heterocycles. The molecule has 0 heterocycles. The average Bonchev–Trinajstić information content (AvgIpc) is 2.94. The van der Waals surface area contributed by atoms with Gasteiger partial charge in [-0.25, -0.2) is 0 Å². The highest BCUT2D eigenvalue weighted by molar-refractivity contribution is 9.10. The summed E-state index contributed by atoms with van der Waals surface area (Å²) in [7, 11) is 0. The zero-order valence-corrected chi connectivity index (χ0v) is 21.4. The van der Waals surface area contributed by atoms with E-state index in [0.29, 0.717) is 0 Å². The van der Waals surface area contributed by atoms with Crippen molar-refractivity contribution in [3.05, 3.63) is 160 Å². The predicted octanol–water partition coefficient (Wildman–Crippen LogP) is 10.3. The van der Waals surface area contributed by atoms with Crippen LogP contribution in [0.3, 0.4) is 0 Å². The number of anilines is 3. The summed E-state index contributed by atoms with van der Waals surface area (Å²) in [5, 5.41) is 0. The van der Waals surface area contributed by atoms with Crippen molar-refractivity contribution in [3.63, 3.8) is 0 Å². The summed E-state index contributed by atoms with van der Waals surface area (Å²) in [6.45, 7) is 0. The minimum absolute atomic E-state index is 1.09. The van der Waals surface area contributed by atoms with Gasteiger partial charge in [-0.15, -0.1) is 0 Å². The van der Waals surface area contributed by atoms with Gasteiger partial charge in [0.05, 0.1) is 0 Å². The summed E-state index contributed by atoms with van der Waals surface area (Å²) < 4.78 is 1.09. The Hall–Kier alpha value is -4.14. The van der Waals surface area contributed by atoms with Gasteiger partial charge >= 0.3 is 0 Å². The van der Waals surface area contributed by atoms with Crippen LogP contribution in [0.15, 0.2) is 138 Å². The van der Waals surface area contributed by atoms with Crippen LogP contribution in [0.25, 0.3) is 24.3 Å². The summed E-state index contributed by atoms with van der Waals surface area (Å²) in [5.41, 5.74) is 8.12. The van der Waals surface area contributed by atoms with Crippen LogP contribution in [0.5, 0.6) is 0 Å². The quantitative estimate of drug-likeness (QED) is 0.190. The highest BCUT2D eigenvalue weighted by Crippen LogP contribution is 2.34. The maximum absolute atomic E-state index is 3.48. The fourth-order valence-corrected chi connectivity index (χ4v) is 4.28. The van der Waals surface area contributed by atoms with E-state index < -0.39 is 0 Å². The molecule has 0 saturated carbocycles. The number of rotatable bonds is 7. The topological polar surface area (TPSA) is 3.24 Å². The molecule has 5 rings (SSSR count). The van der Waals surface area contributed by atoms with Crippen LogP contribution in [-0.4, -0.2) is 0 Å². The van der Waals surface area contributed by atoms with Crippen molar-refractivity contribution in [1.82, 2.24) is 0 Å². The van der Waals surface area contributed by atoms with Crippen molar-refractivity contribution < 1.29 is 0 Å². The Morgan fingerprint density at radius 3 is 1.06 bits per heavy atom. The third kappa shape index (κ3) is 6.10. The molecule has 0 bridgehead atoms. The molecule has 2 heteroatoms. The standard InChI is InChI=1S/C34H26BrN/c35-31-23-19-29(20-24-31)17-15-27-11-13-28(14-12-27)16-18-30-21-25-34(26-22-30)36(32-7-3-1-4-8-32)33-9-5-2-6-10-33/h1-26H. The van der Waals surface area contributed by atoms with E-state index in [2.05, 4.69) is 166 Å². The Labute approximate surface area is 221 Å². The molecule has 0 saturated heterocycles. The number of nitrogens with zero attached hydrogens (tertiary/aromatic N) is 1. The lowest BCUT2D eigenvalue weighted by Crippen LogP contribution is -2.09. The van der Waals surface area contributed by atoms with Crippen molar-refractivity contribution in [1.29, 1.82) is 0 Å². The van der Waals surface area contributed by atoms with Crippen LogP contribution in [0.4, 0.5) is 17.1 Å². The average molecular weight is 528 g/mol. The Morgan fingerprint density at radius 1 is 0.361 bits per heavy atom. The van der Waals surface area contributed by atoms with Crippen molar-refractivity contribution in [2.45, 2.75) is 0 Å². The van der Waals surface area contributed by atoms with Gasteiger partial charge in [-0.2, -0.15) is 0 Å². The molecule has 174 valence electrons. The monoisotopic (exact) mass is 527 g/mol. The SMILES string of the molecule is Brc1ccc(C=Cc2ccc(C=Cc3ccc(N(c4ccccc4)c4ccccc4)cc3)cc2)cc1. The van der Waals surface area contributed by atoms with Crippen molar-refractivity contribution >= 4 is 57.3 Å². The van der Waals surface area contributed by atoms with E-state index in [1.807, 2.05) is 12.1 Å². The van der Waals surface area contributed by atoms with Crippen molar-refractivity contribution in [2.75, 3.05) is 4.90 Å². The van der Waals surface area contributed by atoms with Gasteiger partial charge in [-0.3, -0.25) is 0 Å². The first kappa shape index (κ1) is 23.6.